The molecule has 1 amide bonds. The molecule has 0 aromatic heterocycles. The minimum Gasteiger partial charge on any atom is -0.342 e. The third kappa shape index (κ3) is 3.80. The van der Waals surface area contributed by atoms with E-state index in [1.54, 1.807) is 0 Å². The Kier molecular flexibility index (Phi) is 5.20. The Labute approximate surface area is 129 Å². The number of nitrogens with zero attached hydrogens (tertiary/aromatic N) is 1. The summed E-state index contributed by atoms with van der Waals surface area (Å²) in [5.74, 6) is 3.51. The second-order valence-electron chi connectivity index (χ2n) is 7.76. The van der Waals surface area contributed by atoms with Crippen molar-refractivity contribution in [2.75, 3.05) is 19.6 Å². The molecule has 0 radical (unpaired) electrons. The van der Waals surface area contributed by atoms with Crippen LogP contribution in [0.3, 0.4) is 0 Å². The molecule has 0 aromatic rings. The highest BCUT2D eigenvalue weighted by molar-refractivity contribution is 5.76. The van der Waals surface area contributed by atoms with E-state index in [9.17, 15) is 4.79 Å². The van der Waals surface area contributed by atoms with Gasteiger partial charge in [-0.1, -0.05) is 19.3 Å². The molecule has 21 heavy (non-hydrogen) atoms. The topological polar surface area (TPSA) is 46.3 Å². The minimum atomic E-state index is 0.440. The van der Waals surface area contributed by atoms with Gasteiger partial charge in [0.05, 0.1) is 0 Å². The lowest BCUT2D eigenvalue weighted by molar-refractivity contribution is -0.135. The lowest BCUT2D eigenvalue weighted by Gasteiger charge is -2.41. The summed E-state index contributed by atoms with van der Waals surface area (Å²) >= 11 is 0. The highest BCUT2D eigenvalue weighted by atomic mass is 16.2. The molecular formula is C18H32N2O. The maximum absolute atomic E-state index is 12.6. The molecular weight excluding hydrogens is 260 g/mol. The van der Waals surface area contributed by atoms with Crippen LogP contribution in [-0.2, 0) is 4.79 Å². The standard InChI is InChI=1S/C18H32N2O/c19-12-15-7-5-14(6-8-15)11-18(21)20-10-9-16-3-1-2-4-17(16)13-20/h14-17H,1-13,19H2. The van der Waals surface area contributed by atoms with Crippen molar-refractivity contribution < 1.29 is 4.79 Å². The maximum Gasteiger partial charge on any atom is 0.222 e. The van der Waals surface area contributed by atoms with Gasteiger partial charge < -0.3 is 10.6 Å². The molecule has 3 aliphatic rings. The Morgan fingerprint density at radius 1 is 0.905 bits per heavy atom. The summed E-state index contributed by atoms with van der Waals surface area (Å²) in [5.41, 5.74) is 5.75. The molecule has 1 aliphatic heterocycles. The molecule has 2 aliphatic carbocycles. The van der Waals surface area contributed by atoms with E-state index in [0.29, 0.717) is 17.7 Å². The zero-order valence-corrected chi connectivity index (χ0v) is 13.4. The zero-order chi connectivity index (χ0) is 14.7. The number of carbonyl (C=O) groups is 1. The molecule has 2 N–H and O–H groups in total. The number of nitrogens with two attached hydrogens (primary N) is 1. The van der Waals surface area contributed by atoms with E-state index in [0.717, 1.165) is 37.9 Å². The lowest BCUT2D eigenvalue weighted by Crippen LogP contribution is -2.45. The van der Waals surface area contributed by atoms with Gasteiger partial charge in [0.2, 0.25) is 5.91 Å². The molecule has 2 atom stereocenters. The summed E-state index contributed by atoms with van der Waals surface area (Å²) in [6.45, 7) is 2.91. The van der Waals surface area contributed by atoms with Gasteiger partial charge in [0.1, 0.15) is 0 Å². The molecule has 120 valence electrons. The van der Waals surface area contributed by atoms with Gasteiger partial charge in [-0.3, -0.25) is 4.79 Å². The fraction of sp³-hybridized carbons (Fsp3) is 0.944. The van der Waals surface area contributed by atoms with Crippen molar-refractivity contribution in [1.82, 2.24) is 4.90 Å². The normalized spacial score (nSPS) is 37.1. The van der Waals surface area contributed by atoms with E-state index in [1.807, 2.05) is 0 Å². The van der Waals surface area contributed by atoms with Crippen molar-refractivity contribution in [3.63, 3.8) is 0 Å². The fourth-order valence-electron chi connectivity index (χ4n) is 4.87. The van der Waals surface area contributed by atoms with Crippen LogP contribution in [0.1, 0.15) is 64.2 Å². The number of amides is 1. The number of likely N-dealkylation sites (tertiary alicyclic amines) is 1. The average Bonchev–Trinajstić information content (AvgIpc) is 2.55. The predicted molar refractivity (Wildman–Crippen MR) is 85.8 cm³/mol. The number of piperidine rings is 1. The van der Waals surface area contributed by atoms with E-state index in [2.05, 4.69) is 4.90 Å². The molecule has 2 saturated carbocycles. The largest absolute Gasteiger partial charge is 0.342 e. The van der Waals surface area contributed by atoms with E-state index >= 15 is 0 Å². The first-order chi connectivity index (χ1) is 10.3. The van der Waals surface area contributed by atoms with Crippen molar-refractivity contribution in [3.8, 4) is 0 Å². The number of fused-ring (bicyclic) bond motifs is 1. The van der Waals surface area contributed by atoms with Gasteiger partial charge in [-0.05, 0) is 68.7 Å². The van der Waals surface area contributed by atoms with Crippen molar-refractivity contribution in [2.24, 2.45) is 29.4 Å². The monoisotopic (exact) mass is 292 g/mol. The molecule has 3 rings (SSSR count). The first kappa shape index (κ1) is 15.3. The van der Waals surface area contributed by atoms with Crippen LogP contribution in [0.15, 0.2) is 0 Å². The van der Waals surface area contributed by atoms with Gasteiger partial charge in [0, 0.05) is 19.5 Å². The first-order valence-corrected chi connectivity index (χ1v) is 9.24. The van der Waals surface area contributed by atoms with E-state index < -0.39 is 0 Å². The van der Waals surface area contributed by atoms with Crippen LogP contribution in [0.4, 0.5) is 0 Å². The first-order valence-electron chi connectivity index (χ1n) is 9.24. The SMILES string of the molecule is NCC1CCC(CC(=O)N2CCC3CCCCC3C2)CC1. The summed E-state index contributed by atoms with van der Waals surface area (Å²) in [6, 6.07) is 0. The van der Waals surface area contributed by atoms with Gasteiger partial charge in [-0.2, -0.15) is 0 Å². The van der Waals surface area contributed by atoms with Crippen molar-refractivity contribution >= 4 is 5.91 Å². The Bertz CT molecular complexity index is 349. The van der Waals surface area contributed by atoms with Gasteiger partial charge in [-0.25, -0.2) is 0 Å². The number of carbonyl (C=O) groups excluding carboxylic acids is 1. The molecule has 3 fully saturated rings. The quantitative estimate of drug-likeness (QED) is 0.868. The summed E-state index contributed by atoms with van der Waals surface area (Å²) in [7, 11) is 0. The van der Waals surface area contributed by atoms with Gasteiger partial charge in [0.25, 0.3) is 0 Å². The molecule has 0 aromatic carbocycles. The minimum absolute atomic E-state index is 0.440. The average molecular weight is 292 g/mol. The molecule has 0 bridgehead atoms. The van der Waals surface area contributed by atoms with Crippen molar-refractivity contribution in [1.29, 1.82) is 0 Å². The highest BCUT2D eigenvalue weighted by Gasteiger charge is 2.33. The van der Waals surface area contributed by atoms with Gasteiger partial charge in [-0.15, -0.1) is 0 Å². The van der Waals surface area contributed by atoms with Crippen LogP contribution in [0.2, 0.25) is 0 Å². The van der Waals surface area contributed by atoms with E-state index in [-0.39, 0.29) is 0 Å². The van der Waals surface area contributed by atoms with Crippen LogP contribution < -0.4 is 5.73 Å². The third-order valence-electron chi connectivity index (χ3n) is 6.41. The molecule has 0 spiro atoms. The molecule has 1 heterocycles. The second kappa shape index (κ2) is 7.13. The van der Waals surface area contributed by atoms with E-state index in [4.69, 9.17) is 5.73 Å². The van der Waals surface area contributed by atoms with Crippen LogP contribution in [-0.4, -0.2) is 30.4 Å². The molecule has 3 heteroatoms. The van der Waals surface area contributed by atoms with Crippen LogP contribution in [0.25, 0.3) is 0 Å². The van der Waals surface area contributed by atoms with Crippen molar-refractivity contribution in [2.45, 2.75) is 64.2 Å². The number of rotatable bonds is 3. The Morgan fingerprint density at radius 3 is 2.29 bits per heavy atom. The Hall–Kier alpha value is -0.570. The zero-order valence-electron chi connectivity index (χ0n) is 13.4. The van der Waals surface area contributed by atoms with Crippen molar-refractivity contribution in [3.05, 3.63) is 0 Å². The number of hydrogen-bond donors (Lipinski definition) is 1. The maximum atomic E-state index is 12.6. The molecule has 2 unspecified atom stereocenters. The fourth-order valence-corrected chi connectivity index (χ4v) is 4.87. The Morgan fingerprint density at radius 2 is 1.57 bits per heavy atom. The summed E-state index contributed by atoms with van der Waals surface area (Å²) < 4.78 is 0. The Balaban J connectivity index is 1.45. The molecule has 3 nitrogen and oxygen atoms in total. The predicted octanol–water partition coefficient (Wildman–Crippen LogP) is 3.18. The van der Waals surface area contributed by atoms with Gasteiger partial charge >= 0.3 is 0 Å². The smallest absolute Gasteiger partial charge is 0.222 e. The summed E-state index contributed by atoms with van der Waals surface area (Å²) in [4.78, 5) is 14.8. The van der Waals surface area contributed by atoms with Gasteiger partial charge in [0.15, 0.2) is 0 Å². The lowest BCUT2D eigenvalue weighted by atomic mass is 9.75. The van der Waals surface area contributed by atoms with Crippen LogP contribution >= 0.6 is 0 Å². The highest BCUT2D eigenvalue weighted by Crippen LogP contribution is 2.37. The number of hydrogen-bond acceptors (Lipinski definition) is 2. The summed E-state index contributed by atoms with van der Waals surface area (Å²) in [6.07, 6.45) is 12.5. The van der Waals surface area contributed by atoms with Crippen LogP contribution in [0.5, 0.6) is 0 Å². The van der Waals surface area contributed by atoms with E-state index in [1.165, 1.54) is 57.8 Å². The third-order valence-corrected chi connectivity index (χ3v) is 6.41. The molecule has 1 saturated heterocycles. The second-order valence-corrected chi connectivity index (χ2v) is 7.76. The summed E-state index contributed by atoms with van der Waals surface area (Å²) in [5, 5.41) is 0. The van der Waals surface area contributed by atoms with Crippen LogP contribution in [0, 0.1) is 23.7 Å².